The third-order valence-corrected chi connectivity index (χ3v) is 9.14. The average Bonchev–Trinajstić information content (AvgIpc) is 3.84. The highest BCUT2D eigenvalue weighted by Gasteiger charge is 2.20. The Balaban J connectivity index is 1.15. The summed E-state index contributed by atoms with van der Waals surface area (Å²) in [6.07, 6.45) is 0. The maximum Gasteiger partial charge on any atom is 0.159 e. The molecular formula is C46H29NO2. The summed E-state index contributed by atoms with van der Waals surface area (Å²) in [6, 6.07) is 42.1. The molecule has 230 valence electrons. The average molecular weight is 635 g/mol. The van der Waals surface area contributed by atoms with Crippen LogP contribution < -0.4 is 4.90 Å². The maximum atomic E-state index is 9.16. The Kier molecular flexibility index (Phi) is 4.79. The van der Waals surface area contributed by atoms with Gasteiger partial charge in [0.1, 0.15) is 16.7 Å². The lowest BCUT2D eigenvalue weighted by Crippen LogP contribution is -2.10. The number of hydrogen-bond donors (Lipinski definition) is 0. The summed E-state index contributed by atoms with van der Waals surface area (Å²) in [7, 11) is 0. The number of nitrogens with zero attached hydrogens (tertiary/aromatic N) is 1. The second kappa shape index (κ2) is 11.0. The normalized spacial score (nSPS) is 13.7. The number of para-hydroxylation sites is 2. The van der Waals surface area contributed by atoms with Gasteiger partial charge < -0.3 is 13.7 Å². The minimum Gasteiger partial charge on any atom is -0.456 e. The van der Waals surface area contributed by atoms with Gasteiger partial charge in [0.15, 0.2) is 5.58 Å². The van der Waals surface area contributed by atoms with E-state index in [4.69, 9.17) is 18.4 Å². The summed E-state index contributed by atoms with van der Waals surface area (Å²) < 4.78 is 73.0. The highest BCUT2D eigenvalue weighted by Crippen LogP contribution is 2.44. The van der Waals surface area contributed by atoms with Gasteiger partial charge in [0.25, 0.3) is 0 Å². The zero-order valence-electron chi connectivity index (χ0n) is 33.0. The van der Waals surface area contributed by atoms with E-state index in [0.717, 1.165) is 60.9 Å². The lowest BCUT2D eigenvalue weighted by atomic mass is 10.0. The number of benzene rings is 8. The maximum absolute atomic E-state index is 9.16. The summed E-state index contributed by atoms with van der Waals surface area (Å²) in [4.78, 5) is 2.12. The van der Waals surface area contributed by atoms with Crippen LogP contribution in [0.4, 0.5) is 17.1 Å². The summed E-state index contributed by atoms with van der Waals surface area (Å²) in [6.45, 7) is 0. The molecule has 0 saturated carbocycles. The van der Waals surface area contributed by atoms with E-state index in [0.29, 0.717) is 5.56 Å². The molecule has 0 saturated heterocycles. The minimum atomic E-state index is -0.465. The Morgan fingerprint density at radius 2 is 1.06 bits per heavy atom. The largest absolute Gasteiger partial charge is 0.456 e. The number of furan rings is 2. The summed E-state index contributed by atoms with van der Waals surface area (Å²) in [5.41, 5.74) is 6.68. The molecule has 49 heavy (non-hydrogen) atoms. The highest BCUT2D eigenvalue weighted by molar-refractivity contribution is 6.17. The fourth-order valence-electron chi connectivity index (χ4n) is 6.77. The zero-order valence-corrected chi connectivity index (χ0v) is 26.0. The SMILES string of the molecule is [2H]c1c([2H])c([2H])c2c(oc3c([2H])c(-c4ccc(N(c5ccc(-c6ccccc6)cc5)c5cccc6c5oc5c7ccccc7ccc65)cc4)c([2H])c([2H])c32)c1[2H]. The molecule has 0 fully saturated rings. The standard InChI is InChI=1S/C46H29NO2/c1-2-9-30(10-3-1)31-17-23-35(24-18-31)47(42-15-8-14-40-41-28-21-33-11-4-5-12-37(33)45(41)49-46(40)42)36-25-19-32(20-26-36)34-22-27-39-38-13-6-7-16-43(38)48-44(39)29-34/h1-29H/i6D,7D,13D,16D,22D,27D,29D. The van der Waals surface area contributed by atoms with E-state index in [1.165, 1.54) is 0 Å². The van der Waals surface area contributed by atoms with Crippen LogP contribution in [0.15, 0.2) is 185 Å². The van der Waals surface area contributed by atoms with Crippen LogP contribution in [0.1, 0.15) is 9.60 Å². The van der Waals surface area contributed by atoms with Crippen molar-refractivity contribution in [3.05, 3.63) is 176 Å². The third kappa shape index (κ3) is 4.51. The van der Waals surface area contributed by atoms with Crippen LogP contribution in [0.5, 0.6) is 0 Å². The summed E-state index contributed by atoms with van der Waals surface area (Å²) in [5.74, 6) is 0. The molecule has 0 aliphatic heterocycles. The van der Waals surface area contributed by atoms with Crippen molar-refractivity contribution in [3.8, 4) is 22.3 Å². The van der Waals surface area contributed by atoms with E-state index >= 15 is 0 Å². The lowest BCUT2D eigenvalue weighted by molar-refractivity contribution is 0.669. The molecule has 2 aromatic heterocycles. The number of hydrogen-bond acceptors (Lipinski definition) is 3. The van der Waals surface area contributed by atoms with Crippen LogP contribution in [0.2, 0.25) is 0 Å². The Bertz CT molecular complexity index is 3210. The third-order valence-electron chi connectivity index (χ3n) is 9.14. The van der Waals surface area contributed by atoms with E-state index in [9.17, 15) is 0 Å². The molecule has 0 radical (unpaired) electrons. The minimum absolute atomic E-state index is 0.00147. The van der Waals surface area contributed by atoms with E-state index in [-0.39, 0.29) is 51.7 Å². The summed E-state index contributed by atoms with van der Waals surface area (Å²) in [5, 5.41) is 4.14. The van der Waals surface area contributed by atoms with E-state index in [2.05, 4.69) is 71.6 Å². The molecule has 0 aliphatic rings. The predicted octanol–water partition coefficient (Wildman–Crippen LogP) is 13.4. The molecular weight excluding hydrogens is 599 g/mol. The van der Waals surface area contributed by atoms with Gasteiger partial charge in [-0.1, -0.05) is 121 Å². The first-order valence-corrected chi connectivity index (χ1v) is 16.0. The first-order valence-electron chi connectivity index (χ1n) is 19.5. The molecule has 10 aromatic rings. The topological polar surface area (TPSA) is 29.5 Å². The molecule has 2 heterocycles. The molecule has 0 spiro atoms. The number of anilines is 3. The van der Waals surface area contributed by atoms with Crippen molar-refractivity contribution in [1.29, 1.82) is 0 Å². The molecule has 8 aromatic carbocycles. The Labute approximate surface area is 292 Å². The predicted molar refractivity (Wildman–Crippen MR) is 204 cm³/mol. The van der Waals surface area contributed by atoms with Gasteiger partial charge in [-0.05, 0) is 82.2 Å². The van der Waals surface area contributed by atoms with Gasteiger partial charge in [0, 0.05) is 38.3 Å². The Hall–Kier alpha value is -6.58. The van der Waals surface area contributed by atoms with Crippen molar-refractivity contribution >= 4 is 71.7 Å². The van der Waals surface area contributed by atoms with E-state index in [1.54, 1.807) is 0 Å². The van der Waals surface area contributed by atoms with Gasteiger partial charge >= 0.3 is 0 Å². The van der Waals surface area contributed by atoms with Gasteiger partial charge in [-0.15, -0.1) is 0 Å². The van der Waals surface area contributed by atoms with Crippen LogP contribution in [0.3, 0.4) is 0 Å². The molecule has 0 atom stereocenters. The van der Waals surface area contributed by atoms with Crippen molar-refractivity contribution in [1.82, 2.24) is 0 Å². The Morgan fingerprint density at radius 3 is 1.88 bits per heavy atom. The number of rotatable bonds is 5. The molecule has 0 unspecified atom stereocenters. The van der Waals surface area contributed by atoms with Gasteiger partial charge in [-0.2, -0.15) is 0 Å². The fraction of sp³-hybridized carbons (Fsp3) is 0. The van der Waals surface area contributed by atoms with Crippen LogP contribution in [0.25, 0.3) is 76.9 Å². The quantitative estimate of drug-likeness (QED) is 0.189. The molecule has 0 N–H and O–H groups in total. The first kappa shape index (κ1) is 21.3. The molecule has 0 aliphatic carbocycles. The second-order valence-corrected chi connectivity index (χ2v) is 12.0. The second-order valence-electron chi connectivity index (χ2n) is 12.0. The lowest BCUT2D eigenvalue weighted by Gasteiger charge is -2.26. The van der Waals surface area contributed by atoms with Crippen molar-refractivity contribution in [3.63, 3.8) is 0 Å². The van der Waals surface area contributed by atoms with Crippen LogP contribution in [-0.4, -0.2) is 0 Å². The van der Waals surface area contributed by atoms with Crippen molar-refractivity contribution in [2.24, 2.45) is 0 Å². The number of fused-ring (bicyclic) bond motifs is 8. The molecule has 10 rings (SSSR count). The highest BCUT2D eigenvalue weighted by atomic mass is 16.3. The Morgan fingerprint density at radius 1 is 0.408 bits per heavy atom. The van der Waals surface area contributed by atoms with Crippen molar-refractivity contribution in [2.45, 2.75) is 0 Å². The molecule has 0 amide bonds. The van der Waals surface area contributed by atoms with Crippen LogP contribution >= 0.6 is 0 Å². The van der Waals surface area contributed by atoms with Crippen LogP contribution in [-0.2, 0) is 0 Å². The fourth-order valence-corrected chi connectivity index (χ4v) is 6.77. The van der Waals surface area contributed by atoms with Gasteiger partial charge in [-0.25, -0.2) is 0 Å². The van der Waals surface area contributed by atoms with Crippen molar-refractivity contribution in [2.75, 3.05) is 4.90 Å². The van der Waals surface area contributed by atoms with Gasteiger partial charge in [0.05, 0.1) is 15.3 Å². The van der Waals surface area contributed by atoms with E-state index in [1.807, 2.05) is 66.7 Å². The summed E-state index contributed by atoms with van der Waals surface area (Å²) >= 11 is 0. The zero-order chi connectivity index (χ0) is 38.4. The van der Waals surface area contributed by atoms with E-state index < -0.39 is 18.1 Å². The molecule has 3 heteroatoms. The van der Waals surface area contributed by atoms with Crippen LogP contribution in [0, 0.1) is 0 Å². The smallest absolute Gasteiger partial charge is 0.159 e. The molecule has 3 nitrogen and oxygen atoms in total. The monoisotopic (exact) mass is 634 g/mol. The molecule has 0 bridgehead atoms. The first-order chi connectivity index (χ1) is 27.2. The van der Waals surface area contributed by atoms with Crippen molar-refractivity contribution < 1.29 is 18.4 Å². The van der Waals surface area contributed by atoms with Gasteiger partial charge in [-0.3, -0.25) is 0 Å². The van der Waals surface area contributed by atoms with Gasteiger partial charge in [0.2, 0.25) is 0 Å².